The lowest BCUT2D eigenvalue weighted by Crippen LogP contribution is -2.49. The van der Waals surface area contributed by atoms with E-state index in [4.69, 9.17) is 17.3 Å². The van der Waals surface area contributed by atoms with E-state index in [1.165, 1.54) is 0 Å². The first-order valence-corrected chi connectivity index (χ1v) is 6.63. The topological polar surface area (TPSA) is 43.8 Å². The van der Waals surface area contributed by atoms with E-state index in [0.717, 1.165) is 19.8 Å². The van der Waals surface area contributed by atoms with Crippen LogP contribution in [-0.4, -0.2) is 15.7 Å². The minimum absolute atomic E-state index is 0.0430. The number of aromatic nitrogens is 2. The largest absolute Gasteiger partial charge is 0.413 e. The molecule has 0 aliphatic heterocycles. The van der Waals surface area contributed by atoms with E-state index in [0.29, 0.717) is 16.1 Å². The van der Waals surface area contributed by atoms with Gasteiger partial charge in [-0.05, 0) is 38.0 Å². The molecule has 1 aliphatic rings. The number of nitrogens with zero attached hydrogens (tertiary/aromatic N) is 2. The Balaban J connectivity index is 2.27. The molecule has 1 unspecified atom stereocenters. The molecule has 20 heavy (non-hydrogen) atoms. The Labute approximate surface area is 118 Å². The van der Waals surface area contributed by atoms with Crippen molar-refractivity contribution < 1.29 is 13.2 Å². The van der Waals surface area contributed by atoms with Gasteiger partial charge in [-0.2, -0.15) is 13.2 Å². The lowest BCUT2D eigenvalue weighted by Gasteiger charge is -2.27. The number of rotatable bonds is 2. The molecule has 0 saturated heterocycles. The van der Waals surface area contributed by atoms with Crippen LogP contribution < -0.4 is 5.73 Å². The molecule has 108 valence electrons. The molecule has 1 atom stereocenters. The van der Waals surface area contributed by atoms with E-state index in [9.17, 15) is 13.2 Å². The third-order valence-corrected chi connectivity index (χ3v) is 3.85. The summed E-state index contributed by atoms with van der Waals surface area (Å²) in [4.78, 5) is 4.11. The molecule has 0 radical (unpaired) electrons. The number of imidazole rings is 1. The maximum absolute atomic E-state index is 13.2. The minimum Gasteiger partial charge on any atom is -0.323 e. The van der Waals surface area contributed by atoms with Crippen LogP contribution in [-0.2, 0) is 5.54 Å². The predicted octanol–water partition coefficient (Wildman–Crippen LogP) is 3.76. The molecule has 1 aromatic heterocycles. The van der Waals surface area contributed by atoms with Gasteiger partial charge in [0.25, 0.3) is 0 Å². The van der Waals surface area contributed by atoms with Crippen molar-refractivity contribution in [2.24, 2.45) is 5.73 Å². The fourth-order valence-electron chi connectivity index (χ4n) is 2.27. The average Bonchev–Trinajstić information content (AvgIpc) is 3.08. The molecule has 1 heterocycles. The zero-order valence-corrected chi connectivity index (χ0v) is 11.5. The van der Waals surface area contributed by atoms with E-state index in [1.54, 1.807) is 22.8 Å². The molecule has 1 aliphatic carbocycles. The van der Waals surface area contributed by atoms with E-state index < -0.39 is 11.7 Å². The second-order valence-corrected chi connectivity index (χ2v) is 5.81. The van der Waals surface area contributed by atoms with Gasteiger partial charge in [-0.25, -0.2) is 4.98 Å². The van der Waals surface area contributed by atoms with Crippen molar-refractivity contribution in [2.45, 2.75) is 37.5 Å². The van der Waals surface area contributed by atoms with Gasteiger partial charge in [-0.1, -0.05) is 11.6 Å². The Morgan fingerprint density at radius 3 is 2.55 bits per heavy atom. The minimum atomic E-state index is -4.56. The third kappa shape index (κ3) is 1.98. The maximum Gasteiger partial charge on any atom is 0.413 e. The van der Waals surface area contributed by atoms with Gasteiger partial charge in [-0.15, -0.1) is 0 Å². The molecule has 1 aromatic carbocycles. The lowest BCUT2D eigenvalue weighted by molar-refractivity contribution is -0.186. The van der Waals surface area contributed by atoms with Crippen molar-refractivity contribution in [3.63, 3.8) is 0 Å². The summed E-state index contributed by atoms with van der Waals surface area (Å²) in [6.07, 6.45) is -2.88. The molecule has 0 amide bonds. The second-order valence-electron chi connectivity index (χ2n) is 5.37. The van der Waals surface area contributed by atoms with Gasteiger partial charge in [-0.3, -0.25) is 0 Å². The summed E-state index contributed by atoms with van der Waals surface area (Å²) in [5, 5.41) is 0.440. The van der Waals surface area contributed by atoms with Crippen LogP contribution in [0.2, 0.25) is 5.02 Å². The first-order chi connectivity index (χ1) is 9.22. The van der Waals surface area contributed by atoms with E-state index in [1.807, 2.05) is 0 Å². The smallest absolute Gasteiger partial charge is 0.323 e. The predicted molar refractivity (Wildman–Crippen MR) is 70.6 cm³/mol. The van der Waals surface area contributed by atoms with Crippen LogP contribution in [0.5, 0.6) is 0 Å². The summed E-state index contributed by atoms with van der Waals surface area (Å²) in [6.45, 7) is 0.953. The van der Waals surface area contributed by atoms with Crippen molar-refractivity contribution in [3.8, 4) is 0 Å². The number of halogens is 4. The zero-order chi connectivity index (χ0) is 14.7. The molecule has 0 spiro atoms. The van der Waals surface area contributed by atoms with Crippen molar-refractivity contribution in [1.29, 1.82) is 0 Å². The molecule has 1 saturated carbocycles. The Kier molecular flexibility index (Phi) is 2.82. The van der Waals surface area contributed by atoms with Crippen LogP contribution in [0.4, 0.5) is 13.2 Å². The van der Waals surface area contributed by atoms with Gasteiger partial charge in [0.1, 0.15) is 5.82 Å². The first kappa shape index (κ1) is 13.7. The summed E-state index contributed by atoms with van der Waals surface area (Å²) in [7, 11) is 0. The number of fused-ring (bicyclic) bond motifs is 1. The summed E-state index contributed by atoms with van der Waals surface area (Å²) < 4.78 is 41.2. The van der Waals surface area contributed by atoms with Gasteiger partial charge in [0.05, 0.1) is 11.0 Å². The zero-order valence-electron chi connectivity index (χ0n) is 10.7. The van der Waals surface area contributed by atoms with E-state index >= 15 is 0 Å². The summed E-state index contributed by atoms with van der Waals surface area (Å²) in [5.74, 6) is -0.148. The van der Waals surface area contributed by atoms with Crippen LogP contribution >= 0.6 is 11.6 Å². The Bertz CT molecular complexity index is 671. The van der Waals surface area contributed by atoms with Crippen molar-refractivity contribution in [2.75, 3.05) is 0 Å². The Morgan fingerprint density at radius 2 is 2.00 bits per heavy atom. The summed E-state index contributed by atoms with van der Waals surface area (Å²) in [6, 6.07) is 4.95. The molecule has 1 fully saturated rings. The highest BCUT2D eigenvalue weighted by molar-refractivity contribution is 6.31. The molecular weight excluding hydrogens is 291 g/mol. The molecule has 0 bridgehead atoms. The number of hydrogen-bond donors (Lipinski definition) is 1. The van der Waals surface area contributed by atoms with Gasteiger partial charge in [0.2, 0.25) is 0 Å². The van der Waals surface area contributed by atoms with Crippen LogP contribution in [0.15, 0.2) is 18.2 Å². The molecule has 3 rings (SSSR count). The molecule has 7 heteroatoms. The first-order valence-electron chi connectivity index (χ1n) is 6.25. The fraction of sp³-hybridized carbons (Fsp3) is 0.462. The number of benzene rings is 1. The monoisotopic (exact) mass is 303 g/mol. The SMILES string of the molecule is CC(N)(c1nc2cc(Cl)ccc2n1C1CC1)C(F)(F)F. The normalized spacial score (nSPS) is 19.3. The Hall–Kier alpha value is -1.27. The van der Waals surface area contributed by atoms with Crippen LogP contribution in [0.1, 0.15) is 31.6 Å². The fourth-order valence-corrected chi connectivity index (χ4v) is 2.43. The third-order valence-electron chi connectivity index (χ3n) is 3.62. The highest BCUT2D eigenvalue weighted by Crippen LogP contribution is 2.44. The van der Waals surface area contributed by atoms with Crippen LogP contribution in [0.3, 0.4) is 0 Å². The standard InChI is InChI=1S/C13H13ClF3N3/c1-12(18,13(15,16)17)11-19-9-6-7(14)2-5-10(9)20(11)8-3-4-8/h2,5-6,8H,3-4,18H2,1H3. The van der Waals surface area contributed by atoms with E-state index in [2.05, 4.69) is 4.98 Å². The summed E-state index contributed by atoms with van der Waals surface area (Å²) >= 11 is 5.88. The molecule has 2 aromatic rings. The van der Waals surface area contributed by atoms with Gasteiger partial charge >= 0.3 is 6.18 Å². The molecular formula is C13H13ClF3N3. The van der Waals surface area contributed by atoms with Gasteiger partial charge in [0, 0.05) is 11.1 Å². The number of nitrogens with two attached hydrogens (primary N) is 1. The molecule has 3 nitrogen and oxygen atoms in total. The quantitative estimate of drug-likeness (QED) is 0.918. The number of hydrogen-bond acceptors (Lipinski definition) is 2. The van der Waals surface area contributed by atoms with Crippen molar-refractivity contribution in [1.82, 2.24) is 9.55 Å². The second kappa shape index (κ2) is 4.11. The van der Waals surface area contributed by atoms with Crippen molar-refractivity contribution in [3.05, 3.63) is 29.0 Å². The highest BCUT2D eigenvalue weighted by atomic mass is 35.5. The number of alkyl halides is 3. The van der Waals surface area contributed by atoms with Crippen LogP contribution in [0, 0.1) is 0 Å². The Morgan fingerprint density at radius 1 is 1.35 bits per heavy atom. The maximum atomic E-state index is 13.2. The van der Waals surface area contributed by atoms with Crippen molar-refractivity contribution >= 4 is 22.6 Å². The van der Waals surface area contributed by atoms with E-state index in [-0.39, 0.29) is 11.9 Å². The van der Waals surface area contributed by atoms with Crippen LogP contribution in [0.25, 0.3) is 11.0 Å². The van der Waals surface area contributed by atoms with Gasteiger partial charge < -0.3 is 10.3 Å². The lowest BCUT2D eigenvalue weighted by atomic mass is 10.0. The average molecular weight is 304 g/mol. The summed E-state index contributed by atoms with van der Waals surface area (Å²) in [5.41, 5.74) is 4.15. The van der Waals surface area contributed by atoms with Gasteiger partial charge in [0.15, 0.2) is 5.54 Å². The molecule has 2 N–H and O–H groups in total. The highest BCUT2D eigenvalue weighted by Gasteiger charge is 2.53.